The number of aliphatic imine (C=N–C) groups is 1. The van der Waals surface area contributed by atoms with Crippen LogP contribution in [0.15, 0.2) is 40.7 Å². The average Bonchev–Trinajstić information content (AvgIpc) is 2.80. The van der Waals surface area contributed by atoms with Gasteiger partial charge in [0.1, 0.15) is 5.69 Å². The van der Waals surface area contributed by atoms with Crippen molar-refractivity contribution in [3.8, 4) is 10.8 Å². The van der Waals surface area contributed by atoms with Gasteiger partial charge in [-0.3, -0.25) is 0 Å². The second kappa shape index (κ2) is 5.26. The van der Waals surface area contributed by atoms with Crippen LogP contribution in [-0.2, 0) is 11.0 Å². The molecule has 0 aliphatic rings. The number of thiophene rings is 1. The molecule has 3 nitrogen and oxygen atoms in total. The quantitative estimate of drug-likeness (QED) is 0.614. The van der Waals surface area contributed by atoms with E-state index in [2.05, 4.69) is 4.99 Å². The average molecular weight is 285 g/mol. The van der Waals surface area contributed by atoms with Crippen molar-refractivity contribution in [1.29, 1.82) is 0 Å². The zero-order chi connectivity index (χ0) is 13.9. The van der Waals surface area contributed by atoms with E-state index in [4.69, 9.17) is 4.74 Å². The summed E-state index contributed by atoms with van der Waals surface area (Å²) in [7, 11) is 0. The van der Waals surface area contributed by atoms with E-state index < -0.39 is 11.7 Å². The first-order valence-corrected chi connectivity index (χ1v) is 5.89. The van der Waals surface area contributed by atoms with Crippen molar-refractivity contribution < 1.29 is 22.7 Å². The minimum atomic E-state index is -4.40. The van der Waals surface area contributed by atoms with Crippen molar-refractivity contribution in [3.05, 3.63) is 41.3 Å². The van der Waals surface area contributed by atoms with Crippen molar-refractivity contribution >= 4 is 23.1 Å². The highest BCUT2D eigenvalue weighted by Crippen LogP contribution is 2.39. The van der Waals surface area contributed by atoms with Crippen molar-refractivity contribution in [2.45, 2.75) is 6.18 Å². The van der Waals surface area contributed by atoms with Gasteiger partial charge in [0.15, 0.2) is 10.8 Å². The standard InChI is InChI=1S/C12H6F3NO2S/c13-12(14,15)8-5-11(19-6-8)18-10-4-2-1-3-9(10)16-7-17/h1-6H. The van der Waals surface area contributed by atoms with E-state index in [0.29, 0.717) is 0 Å². The number of nitrogens with zero attached hydrogens (tertiary/aromatic N) is 1. The molecule has 0 fully saturated rings. The Morgan fingerprint density at radius 2 is 2.00 bits per heavy atom. The van der Waals surface area contributed by atoms with Crippen LogP contribution in [0.1, 0.15) is 5.56 Å². The molecule has 0 atom stereocenters. The summed E-state index contributed by atoms with van der Waals surface area (Å²) >= 11 is 0.816. The van der Waals surface area contributed by atoms with Crippen LogP contribution in [0.3, 0.4) is 0 Å². The number of halogens is 3. The smallest absolute Gasteiger partial charge is 0.417 e. The fourth-order valence-corrected chi connectivity index (χ4v) is 2.09. The molecule has 1 heterocycles. The molecule has 98 valence electrons. The minimum Gasteiger partial charge on any atom is -0.444 e. The van der Waals surface area contributed by atoms with Gasteiger partial charge in [-0.2, -0.15) is 18.2 Å². The Morgan fingerprint density at radius 3 is 2.63 bits per heavy atom. The molecule has 0 unspecified atom stereocenters. The normalized spacial score (nSPS) is 10.9. The van der Waals surface area contributed by atoms with Crippen LogP contribution in [0.2, 0.25) is 0 Å². The fourth-order valence-electron chi connectivity index (χ4n) is 1.31. The number of alkyl halides is 3. The third kappa shape index (κ3) is 3.21. The molecular formula is C12H6F3NO2S. The molecule has 0 saturated carbocycles. The van der Waals surface area contributed by atoms with Gasteiger partial charge in [-0.25, -0.2) is 4.79 Å². The molecule has 1 aromatic heterocycles. The van der Waals surface area contributed by atoms with E-state index >= 15 is 0 Å². The van der Waals surface area contributed by atoms with Crippen LogP contribution < -0.4 is 4.74 Å². The van der Waals surface area contributed by atoms with Gasteiger partial charge in [-0.15, -0.1) is 11.3 Å². The number of carbonyl (C=O) groups excluding carboxylic acids is 1. The number of ether oxygens (including phenoxy) is 1. The van der Waals surface area contributed by atoms with Crippen molar-refractivity contribution in [2.24, 2.45) is 4.99 Å². The van der Waals surface area contributed by atoms with Crippen molar-refractivity contribution in [3.63, 3.8) is 0 Å². The molecule has 0 aliphatic heterocycles. The van der Waals surface area contributed by atoms with Crippen molar-refractivity contribution in [1.82, 2.24) is 0 Å². The molecule has 7 heteroatoms. The molecule has 0 N–H and O–H groups in total. The Kier molecular flexibility index (Phi) is 3.69. The van der Waals surface area contributed by atoms with E-state index in [9.17, 15) is 18.0 Å². The summed E-state index contributed by atoms with van der Waals surface area (Å²) in [5.41, 5.74) is -0.566. The third-order valence-corrected chi connectivity index (χ3v) is 2.95. The van der Waals surface area contributed by atoms with Crippen LogP contribution in [0.25, 0.3) is 0 Å². The van der Waals surface area contributed by atoms with Crippen LogP contribution in [-0.4, -0.2) is 6.08 Å². The molecule has 2 aromatic rings. The molecule has 0 spiro atoms. The van der Waals surface area contributed by atoms with E-state index in [0.717, 1.165) is 22.8 Å². The third-order valence-electron chi connectivity index (χ3n) is 2.14. The zero-order valence-corrected chi connectivity index (χ0v) is 10.1. The van der Waals surface area contributed by atoms with Crippen molar-refractivity contribution in [2.75, 3.05) is 0 Å². The van der Waals surface area contributed by atoms with E-state index in [1.54, 1.807) is 12.1 Å². The van der Waals surface area contributed by atoms with Gasteiger partial charge in [0.25, 0.3) is 0 Å². The van der Waals surface area contributed by atoms with Crippen LogP contribution >= 0.6 is 11.3 Å². The molecule has 0 saturated heterocycles. The lowest BCUT2D eigenvalue weighted by atomic mass is 10.3. The predicted octanol–water partition coefficient (Wildman–Crippen LogP) is 4.53. The largest absolute Gasteiger partial charge is 0.444 e. The SMILES string of the molecule is O=C=Nc1ccccc1Oc1cc(C(F)(F)F)cs1. The summed E-state index contributed by atoms with van der Waals surface area (Å²) < 4.78 is 42.5. The minimum absolute atomic E-state index is 0.0703. The summed E-state index contributed by atoms with van der Waals surface area (Å²) in [4.78, 5) is 13.6. The van der Waals surface area contributed by atoms with Gasteiger partial charge in [-0.1, -0.05) is 12.1 Å². The maximum Gasteiger partial charge on any atom is 0.417 e. The lowest BCUT2D eigenvalue weighted by Crippen LogP contribution is -2.01. The lowest BCUT2D eigenvalue weighted by Gasteiger charge is -2.05. The lowest BCUT2D eigenvalue weighted by molar-refractivity contribution is -0.137. The molecule has 0 radical (unpaired) electrons. The highest BCUT2D eigenvalue weighted by Gasteiger charge is 2.32. The molecule has 0 bridgehead atoms. The summed E-state index contributed by atoms with van der Waals surface area (Å²) in [5, 5.41) is 1.03. The first-order chi connectivity index (χ1) is 9.00. The van der Waals surface area contributed by atoms with Gasteiger partial charge in [0.05, 0.1) is 5.56 Å². The number of benzene rings is 1. The Bertz CT molecular complexity index is 630. The monoisotopic (exact) mass is 285 g/mol. The van der Waals surface area contributed by atoms with Crippen LogP contribution in [0.5, 0.6) is 10.8 Å². The Balaban J connectivity index is 2.27. The van der Waals surface area contributed by atoms with Gasteiger partial charge in [0.2, 0.25) is 6.08 Å². The number of isocyanates is 1. The second-order valence-corrected chi connectivity index (χ2v) is 4.30. The van der Waals surface area contributed by atoms with Gasteiger partial charge < -0.3 is 4.74 Å². The highest BCUT2D eigenvalue weighted by atomic mass is 32.1. The van der Waals surface area contributed by atoms with Gasteiger partial charge >= 0.3 is 6.18 Å². The summed E-state index contributed by atoms with van der Waals surface area (Å²) in [6, 6.07) is 7.14. The molecular weight excluding hydrogens is 279 g/mol. The molecule has 0 aliphatic carbocycles. The topological polar surface area (TPSA) is 38.7 Å². The predicted molar refractivity (Wildman–Crippen MR) is 63.6 cm³/mol. The Labute approximate surface area is 110 Å². The number of hydrogen-bond donors (Lipinski definition) is 0. The molecule has 19 heavy (non-hydrogen) atoms. The highest BCUT2D eigenvalue weighted by molar-refractivity contribution is 7.12. The zero-order valence-electron chi connectivity index (χ0n) is 9.27. The summed E-state index contributed by atoms with van der Waals surface area (Å²) in [6.07, 6.45) is -3.05. The molecule has 0 amide bonds. The Hall–Kier alpha value is -2.11. The maximum absolute atomic E-state index is 12.4. The number of para-hydroxylation sites is 2. The second-order valence-electron chi connectivity index (χ2n) is 3.43. The molecule has 2 rings (SSSR count). The maximum atomic E-state index is 12.4. The number of rotatable bonds is 3. The van der Waals surface area contributed by atoms with Gasteiger partial charge in [-0.05, 0) is 12.1 Å². The Morgan fingerprint density at radius 1 is 1.26 bits per heavy atom. The van der Waals surface area contributed by atoms with Crippen LogP contribution in [0, 0.1) is 0 Å². The molecule has 1 aromatic carbocycles. The summed E-state index contributed by atoms with van der Waals surface area (Å²) in [5.74, 6) is 0.196. The number of hydrogen-bond acceptors (Lipinski definition) is 4. The van der Waals surface area contributed by atoms with E-state index in [1.807, 2.05) is 0 Å². The first kappa shape index (κ1) is 13.3. The summed E-state index contributed by atoms with van der Waals surface area (Å²) in [6.45, 7) is 0. The first-order valence-electron chi connectivity index (χ1n) is 5.01. The fraction of sp³-hybridized carbons (Fsp3) is 0.0833. The van der Waals surface area contributed by atoms with E-state index in [-0.39, 0.29) is 16.5 Å². The van der Waals surface area contributed by atoms with E-state index in [1.165, 1.54) is 18.2 Å². The van der Waals surface area contributed by atoms with Crippen LogP contribution in [0.4, 0.5) is 18.9 Å². The van der Waals surface area contributed by atoms with Gasteiger partial charge in [0, 0.05) is 11.4 Å².